The highest BCUT2D eigenvalue weighted by Gasteiger charge is 2.19. The normalized spacial score (nSPS) is 11.2. The second kappa shape index (κ2) is 9.29. The molecule has 0 radical (unpaired) electrons. The summed E-state index contributed by atoms with van der Waals surface area (Å²) in [5, 5.41) is 4.79. The van der Waals surface area contributed by atoms with Gasteiger partial charge in [-0.15, -0.1) is 0 Å². The number of pyridine rings is 2. The first kappa shape index (κ1) is 21.0. The van der Waals surface area contributed by atoms with Crippen LogP contribution < -0.4 is 9.47 Å². The Balaban J connectivity index is 1.60. The molecule has 0 aliphatic rings. The summed E-state index contributed by atoms with van der Waals surface area (Å²) in [6.07, 6.45) is 5.39. The Labute approximate surface area is 193 Å². The van der Waals surface area contributed by atoms with Crippen molar-refractivity contribution in [2.24, 2.45) is 0 Å². The molecular weight excluding hydrogens is 408 g/mol. The van der Waals surface area contributed by atoms with Gasteiger partial charge in [0.15, 0.2) is 11.5 Å². The van der Waals surface area contributed by atoms with E-state index in [1.165, 1.54) is 27.1 Å². The van der Waals surface area contributed by atoms with E-state index < -0.39 is 0 Å². The van der Waals surface area contributed by atoms with Gasteiger partial charge in [0, 0.05) is 34.6 Å². The zero-order valence-corrected chi connectivity index (χ0v) is 18.9. The maximum Gasteiger partial charge on any atom is 0.160 e. The average Bonchev–Trinajstić information content (AvgIpc) is 2.88. The Morgan fingerprint density at radius 2 is 1.18 bits per heavy atom. The molecule has 3 aromatic carbocycles. The second-order valence-corrected chi connectivity index (χ2v) is 8.18. The predicted molar refractivity (Wildman–Crippen MR) is 133 cm³/mol. The number of benzene rings is 3. The van der Waals surface area contributed by atoms with E-state index in [4.69, 9.17) is 19.4 Å². The topological polar surface area (TPSA) is 44.2 Å². The van der Waals surface area contributed by atoms with E-state index in [1.807, 2.05) is 18.5 Å². The highest BCUT2D eigenvalue weighted by Crippen LogP contribution is 2.35. The number of methoxy groups -OCH3 is 2. The number of hydrogen-bond acceptors (Lipinski definition) is 4. The van der Waals surface area contributed by atoms with Crippen molar-refractivity contribution in [2.45, 2.75) is 18.8 Å². The minimum Gasteiger partial charge on any atom is -0.493 e. The van der Waals surface area contributed by atoms with Gasteiger partial charge in [0.25, 0.3) is 0 Å². The first-order valence-corrected chi connectivity index (χ1v) is 11.1. The smallest absolute Gasteiger partial charge is 0.160 e. The number of rotatable bonds is 7. The van der Waals surface area contributed by atoms with Crippen molar-refractivity contribution in [1.29, 1.82) is 0 Å². The van der Waals surface area contributed by atoms with Gasteiger partial charge in [0.05, 0.1) is 14.2 Å². The summed E-state index contributed by atoms with van der Waals surface area (Å²) in [6, 6.07) is 27.2. The molecule has 33 heavy (non-hydrogen) atoms. The fraction of sp³-hybridized carbons (Fsp3) is 0.172. The standard InChI is InChI=1S/C29H26N2O2/c1-32-28-12-11-22(19-29(28)33-2)23(17-26-24-9-5-3-7-20(24)13-15-30-26)18-27-25-10-6-4-8-21(25)14-16-31-27/h3-16,19,23H,17-18H2,1-2H3. The van der Waals surface area contributed by atoms with Crippen LogP contribution in [-0.2, 0) is 12.8 Å². The van der Waals surface area contributed by atoms with Crippen LogP contribution in [0.1, 0.15) is 22.9 Å². The van der Waals surface area contributed by atoms with Crippen molar-refractivity contribution in [1.82, 2.24) is 9.97 Å². The molecule has 2 aromatic heterocycles. The lowest BCUT2D eigenvalue weighted by Crippen LogP contribution is -2.10. The number of nitrogens with zero attached hydrogens (tertiary/aromatic N) is 2. The molecule has 0 spiro atoms. The molecule has 0 fully saturated rings. The summed E-state index contributed by atoms with van der Waals surface area (Å²) in [7, 11) is 3.34. The van der Waals surface area contributed by atoms with Crippen molar-refractivity contribution < 1.29 is 9.47 Å². The van der Waals surface area contributed by atoms with Gasteiger partial charge in [0.1, 0.15) is 0 Å². The predicted octanol–water partition coefficient (Wildman–Crippen LogP) is 6.37. The highest BCUT2D eigenvalue weighted by molar-refractivity contribution is 5.85. The monoisotopic (exact) mass is 434 g/mol. The van der Waals surface area contributed by atoms with E-state index in [9.17, 15) is 0 Å². The largest absolute Gasteiger partial charge is 0.493 e. The first-order valence-electron chi connectivity index (χ1n) is 11.1. The summed E-state index contributed by atoms with van der Waals surface area (Å²) >= 11 is 0. The number of hydrogen-bond donors (Lipinski definition) is 0. The molecule has 5 aromatic rings. The average molecular weight is 435 g/mol. The van der Waals surface area contributed by atoms with E-state index in [2.05, 4.69) is 72.8 Å². The zero-order chi connectivity index (χ0) is 22.6. The van der Waals surface area contributed by atoms with Crippen LogP contribution in [0.15, 0.2) is 91.3 Å². The van der Waals surface area contributed by atoms with Crippen LogP contribution in [0.5, 0.6) is 11.5 Å². The minimum absolute atomic E-state index is 0.168. The lowest BCUT2D eigenvalue weighted by molar-refractivity contribution is 0.354. The van der Waals surface area contributed by atoms with Crippen molar-refractivity contribution >= 4 is 21.5 Å². The molecular formula is C29H26N2O2. The van der Waals surface area contributed by atoms with Gasteiger partial charge in [-0.25, -0.2) is 0 Å². The number of fused-ring (bicyclic) bond motifs is 2. The molecule has 4 heteroatoms. The summed E-state index contributed by atoms with van der Waals surface area (Å²) < 4.78 is 11.1. The summed E-state index contributed by atoms with van der Waals surface area (Å²) in [4.78, 5) is 9.55. The van der Waals surface area contributed by atoms with E-state index >= 15 is 0 Å². The third-order valence-electron chi connectivity index (χ3n) is 6.27. The number of aromatic nitrogens is 2. The maximum absolute atomic E-state index is 5.61. The molecule has 4 nitrogen and oxygen atoms in total. The molecule has 0 bridgehead atoms. The molecule has 0 saturated heterocycles. The van der Waals surface area contributed by atoms with Crippen LogP contribution in [0.4, 0.5) is 0 Å². The van der Waals surface area contributed by atoms with E-state index in [0.29, 0.717) is 0 Å². The van der Waals surface area contributed by atoms with Gasteiger partial charge in [-0.3, -0.25) is 9.97 Å². The van der Waals surface area contributed by atoms with Gasteiger partial charge < -0.3 is 9.47 Å². The second-order valence-electron chi connectivity index (χ2n) is 8.18. The van der Waals surface area contributed by atoms with E-state index in [-0.39, 0.29) is 5.92 Å². The zero-order valence-electron chi connectivity index (χ0n) is 18.9. The van der Waals surface area contributed by atoms with Crippen molar-refractivity contribution in [3.63, 3.8) is 0 Å². The van der Waals surface area contributed by atoms with Crippen LogP contribution in [0.3, 0.4) is 0 Å². The fourth-order valence-corrected chi connectivity index (χ4v) is 4.57. The molecule has 0 N–H and O–H groups in total. The van der Waals surface area contributed by atoms with Crippen molar-refractivity contribution in [2.75, 3.05) is 14.2 Å². The van der Waals surface area contributed by atoms with Crippen LogP contribution in [0.25, 0.3) is 21.5 Å². The molecule has 164 valence electrons. The Morgan fingerprint density at radius 3 is 1.73 bits per heavy atom. The van der Waals surface area contributed by atoms with E-state index in [1.54, 1.807) is 14.2 Å². The lowest BCUT2D eigenvalue weighted by Gasteiger charge is -2.20. The number of ether oxygens (including phenoxy) is 2. The maximum atomic E-state index is 5.61. The lowest BCUT2D eigenvalue weighted by atomic mass is 9.87. The third kappa shape index (κ3) is 4.24. The fourth-order valence-electron chi connectivity index (χ4n) is 4.57. The molecule has 0 amide bonds. The van der Waals surface area contributed by atoms with Gasteiger partial charge in [0.2, 0.25) is 0 Å². The molecule has 0 aliphatic carbocycles. The molecule has 0 saturated carbocycles. The Bertz CT molecular complexity index is 1320. The SMILES string of the molecule is COc1ccc(C(Cc2nccc3ccccc23)Cc2nccc3ccccc23)cc1OC. The van der Waals surface area contributed by atoms with Gasteiger partial charge in [-0.2, -0.15) is 0 Å². The summed E-state index contributed by atoms with van der Waals surface area (Å²) in [6.45, 7) is 0. The summed E-state index contributed by atoms with van der Waals surface area (Å²) in [5.74, 6) is 1.63. The molecule has 0 unspecified atom stereocenters. The van der Waals surface area contributed by atoms with Crippen LogP contribution in [0.2, 0.25) is 0 Å². The van der Waals surface area contributed by atoms with Crippen LogP contribution in [0, 0.1) is 0 Å². The van der Waals surface area contributed by atoms with Crippen LogP contribution >= 0.6 is 0 Å². The quantitative estimate of drug-likeness (QED) is 0.299. The highest BCUT2D eigenvalue weighted by atomic mass is 16.5. The van der Waals surface area contributed by atoms with Crippen molar-refractivity contribution in [3.8, 4) is 11.5 Å². The Hall–Kier alpha value is -3.92. The third-order valence-corrected chi connectivity index (χ3v) is 6.27. The molecule has 0 atom stereocenters. The van der Waals surface area contributed by atoms with Gasteiger partial charge in [-0.1, -0.05) is 54.6 Å². The molecule has 5 rings (SSSR count). The van der Waals surface area contributed by atoms with Crippen molar-refractivity contribution in [3.05, 3.63) is 108 Å². The Kier molecular flexibility index (Phi) is 5.90. The van der Waals surface area contributed by atoms with Crippen LogP contribution in [-0.4, -0.2) is 24.2 Å². The van der Waals surface area contributed by atoms with Gasteiger partial charge in [-0.05, 0) is 59.4 Å². The van der Waals surface area contributed by atoms with E-state index in [0.717, 1.165) is 35.7 Å². The minimum atomic E-state index is 0.168. The molecule has 0 aliphatic heterocycles. The summed E-state index contributed by atoms with van der Waals surface area (Å²) in [5.41, 5.74) is 3.36. The van der Waals surface area contributed by atoms with Gasteiger partial charge >= 0.3 is 0 Å². The Morgan fingerprint density at radius 1 is 0.636 bits per heavy atom. The molecule has 2 heterocycles. The first-order chi connectivity index (χ1) is 16.3.